The van der Waals surface area contributed by atoms with Gasteiger partial charge in [-0.2, -0.15) is 0 Å². The molecule has 2 aromatic rings. The van der Waals surface area contributed by atoms with Crippen LogP contribution >= 0.6 is 0 Å². The number of ether oxygens (including phenoxy) is 4. The van der Waals surface area contributed by atoms with E-state index in [0.717, 1.165) is 0 Å². The van der Waals surface area contributed by atoms with Crippen molar-refractivity contribution in [3.8, 4) is 11.5 Å². The zero-order valence-corrected chi connectivity index (χ0v) is 16.3. The van der Waals surface area contributed by atoms with Gasteiger partial charge in [0.25, 0.3) is 6.47 Å². The van der Waals surface area contributed by atoms with Crippen LogP contribution in [0.3, 0.4) is 0 Å². The normalized spacial score (nSPS) is 9.68. The molecular weight excluding hydrogens is 425 g/mol. The minimum Gasteiger partial charge on any atom is -0.508 e. The van der Waals surface area contributed by atoms with Gasteiger partial charge in [-0.05, 0) is 35.4 Å². The molecule has 0 unspecified atom stereocenters. The topological polar surface area (TPSA) is 108 Å². The molecule has 0 spiro atoms. The van der Waals surface area contributed by atoms with Crippen LogP contribution in [0.2, 0.25) is 0 Å². The van der Waals surface area contributed by atoms with Crippen molar-refractivity contribution in [1.29, 1.82) is 0 Å². The summed E-state index contributed by atoms with van der Waals surface area (Å²) < 4.78 is 53.5. The third-order valence-electron chi connectivity index (χ3n) is 3.62. The van der Waals surface area contributed by atoms with E-state index in [1.54, 1.807) is 12.1 Å². The molecule has 0 aliphatic carbocycles. The van der Waals surface area contributed by atoms with Gasteiger partial charge < -0.3 is 24.1 Å². The van der Waals surface area contributed by atoms with Crippen molar-refractivity contribution in [2.24, 2.45) is 0 Å². The fraction of sp³-hybridized carbons (Fsp3) is 0.250. The first-order valence-corrected chi connectivity index (χ1v) is 8.52. The minimum absolute atomic E-state index is 0.0176. The number of carbonyl (C=O) groups is 3. The molecule has 0 saturated heterocycles. The molecule has 0 aliphatic rings. The number of hydrogen-bond acceptors (Lipinski definition) is 8. The van der Waals surface area contributed by atoms with Crippen LogP contribution in [0.15, 0.2) is 36.4 Å². The summed E-state index contributed by atoms with van der Waals surface area (Å²) in [4.78, 5) is 31.5. The second-order valence-corrected chi connectivity index (χ2v) is 5.66. The predicted molar refractivity (Wildman–Crippen MR) is 99.4 cm³/mol. The van der Waals surface area contributed by atoms with Gasteiger partial charge >= 0.3 is 12.4 Å². The molecule has 168 valence electrons. The lowest BCUT2D eigenvalue weighted by Gasteiger charge is -2.17. The van der Waals surface area contributed by atoms with Crippen LogP contribution in [0.25, 0.3) is 0 Å². The zero-order chi connectivity index (χ0) is 23.2. The van der Waals surface area contributed by atoms with Crippen LogP contribution in [-0.2, 0) is 45.4 Å². The van der Waals surface area contributed by atoms with E-state index in [-0.39, 0.29) is 47.9 Å². The summed E-state index contributed by atoms with van der Waals surface area (Å²) in [6, 6.07) is 8.91. The average molecular weight is 444 g/mol. The highest BCUT2D eigenvalue weighted by Crippen LogP contribution is 2.29. The van der Waals surface area contributed by atoms with Crippen molar-refractivity contribution in [1.82, 2.24) is 0 Å². The molecule has 2 rings (SSSR count). The van der Waals surface area contributed by atoms with Crippen LogP contribution in [0, 0.1) is 0 Å². The Bertz CT molecular complexity index is 871. The summed E-state index contributed by atoms with van der Waals surface area (Å²) in [5.74, 6) is 0.202. The van der Waals surface area contributed by atoms with E-state index in [4.69, 9.17) is 9.47 Å². The molecule has 2 aromatic carbocycles. The van der Waals surface area contributed by atoms with Crippen LogP contribution < -0.4 is 4.74 Å². The van der Waals surface area contributed by atoms with Crippen molar-refractivity contribution in [3.63, 3.8) is 0 Å². The van der Waals surface area contributed by atoms with Crippen LogP contribution in [0.1, 0.15) is 22.3 Å². The SMILES string of the molecule is CF.O=COCc1cc(COC(=O)F)cc(COC(=O)F)c1OCc1ccc(O)cc1. The van der Waals surface area contributed by atoms with E-state index < -0.39 is 25.7 Å². The number of alkyl halides is 1. The van der Waals surface area contributed by atoms with Gasteiger partial charge in [-0.1, -0.05) is 12.1 Å². The number of carbonyl (C=O) groups excluding carboxylic acids is 3. The lowest BCUT2D eigenvalue weighted by atomic mass is 10.0. The predicted octanol–water partition coefficient (Wildman–Crippen LogP) is 4.44. The van der Waals surface area contributed by atoms with Crippen LogP contribution in [0.4, 0.5) is 22.8 Å². The number of phenols is 1. The van der Waals surface area contributed by atoms with Gasteiger partial charge in [0.2, 0.25) is 0 Å². The van der Waals surface area contributed by atoms with Crippen molar-refractivity contribution < 1.29 is 51.6 Å². The van der Waals surface area contributed by atoms with Crippen molar-refractivity contribution in [2.45, 2.75) is 26.4 Å². The van der Waals surface area contributed by atoms with Crippen LogP contribution in [-0.4, -0.2) is 31.2 Å². The lowest BCUT2D eigenvalue weighted by molar-refractivity contribution is -0.129. The second kappa shape index (κ2) is 13.5. The Morgan fingerprint density at radius 3 is 1.97 bits per heavy atom. The Labute approximate surface area is 175 Å². The summed E-state index contributed by atoms with van der Waals surface area (Å²) >= 11 is 0. The fourth-order valence-corrected chi connectivity index (χ4v) is 2.46. The van der Waals surface area contributed by atoms with Crippen molar-refractivity contribution in [2.75, 3.05) is 7.18 Å². The average Bonchev–Trinajstić information content (AvgIpc) is 2.76. The summed E-state index contributed by atoms with van der Waals surface area (Å²) in [7, 11) is 0.500. The van der Waals surface area contributed by atoms with E-state index in [2.05, 4.69) is 9.47 Å². The highest BCUT2D eigenvalue weighted by Gasteiger charge is 2.16. The molecule has 11 heteroatoms. The summed E-state index contributed by atoms with van der Waals surface area (Å²) in [5.41, 5.74) is 1.40. The van der Waals surface area contributed by atoms with E-state index in [0.29, 0.717) is 12.7 Å². The van der Waals surface area contributed by atoms with Gasteiger partial charge in [0.15, 0.2) is 0 Å². The van der Waals surface area contributed by atoms with Gasteiger partial charge in [0.1, 0.15) is 37.9 Å². The number of hydrogen-bond donors (Lipinski definition) is 1. The first-order chi connectivity index (χ1) is 14.9. The standard InChI is InChI=1S/C19H16F2O8.CH3F/c20-18(24)28-8-13-5-14(9-26-11-22)17(15(6-13)10-29-19(21)25)27-7-12-1-3-16(23)4-2-12;1-2/h1-6,11,23H,7-10H2;1H3. The molecule has 0 aliphatic heterocycles. The first-order valence-electron chi connectivity index (χ1n) is 8.52. The van der Waals surface area contributed by atoms with Crippen molar-refractivity contribution in [3.05, 3.63) is 58.7 Å². The zero-order valence-electron chi connectivity index (χ0n) is 16.3. The monoisotopic (exact) mass is 444 g/mol. The van der Waals surface area contributed by atoms with Gasteiger partial charge in [0, 0.05) is 11.1 Å². The van der Waals surface area contributed by atoms with Gasteiger partial charge in [0.05, 0.1) is 7.18 Å². The number of rotatable bonds is 10. The molecular formula is C20H19F3O8. The number of halogens is 3. The molecule has 0 bridgehead atoms. The van der Waals surface area contributed by atoms with E-state index in [9.17, 15) is 32.7 Å². The number of benzene rings is 2. The van der Waals surface area contributed by atoms with Crippen LogP contribution in [0.5, 0.6) is 11.5 Å². The van der Waals surface area contributed by atoms with Gasteiger partial charge in [-0.3, -0.25) is 9.18 Å². The molecule has 1 N–H and O–H groups in total. The van der Waals surface area contributed by atoms with Gasteiger partial charge in [-0.15, -0.1) is 8.78 Å². The Hall–Kier alpha value is -3.76. The third kappa shape index (κ3) is 9.07. The van der Waals surface area contributed by atoms with E-state index >= 15 is 0 Å². The Morgan fingerprint density at radius 2 is 1.42 bits per heavy atom. The quantitative estimate of drug-likeness (QED) is 0.326. The number of aromatic hydroxyl groups is 1. The maximum atomic E-state index is 12.5. The van der Waals surface area contributed by atoms with E-state index in [1.807, 2.05) is 0 Å². The molecule has 8 nitrogen and oxygen atoms in total. The Kier molecular flexibility index (Phi) is 11.0. The molecule has 0 fully saturated rings. The maximum absolute atomic E-state index is 12.5. The number of phenolic OH excluding ortho intramolecular Hbond substituents is 1. The molecule has 0 radical (unpaired) electrons. The summed E-state index contributed by atoms with van der Waals surface area (Å²) in [6.07, 6.45) is -4.03. The Morgan fingerprint density at radius 1 is 0.871 bits per heavy atom. The third-order valence-corrected chi connectivity index (χ3v) is 3.62. The first kappa shape index (κ1) is 25.3. The molecule has 0 atom stereocenters. The van der Waals surface area contributed by atoms with E-state index in [1.165, 1.54) is 24.3 Å². The minimum atomic E-state index is -2.03. The molecule has 0 saturated carbocycles. The highest BCUT2D eigenvalue weighted by atomic mass is 19.2. The second-order valence-electron chi connectivity index (χ2n) is 5.66. The van der Waals surface area contributed by atoms with Gasteiger partial charge in [-0.25, -0.2) is 9.59 Å². The summed E-state index contributed by atoms with van der Waals surface area (Å²) in [6.45, 7) is -1.05. The highest BCUT2D eigenvalue weighted by molar-refractivity contribution is 5.59. The molecule has 0 heterocycles. The smallest absolute Gasteiger partial charge is 0.495 e. The Balaban J connectivity index is 0.00000233. The largest absolute Gasteiger partial charge is 0.508 e. The fourth-order valence-electron chi connectivity index (χ4n) is 2.46. The maximum Gasteiger partial charge on any atom is 0.495 e. The van der Waals surface area contributed by atoms with Crippen molar-refractivity contribution >= 4 is 18.9 Å². The molecule has 0 aromatic heterocycles. The lowest BCUT2D eigenvalue weighted by Crippen LogP contribution is -2.08. The molecule has 31 heavy (non-hydrogen) atoms. The summed E-state index contributed by atoms with van der Waals surface area (Å²) in [5, 5.41) is 9.33. The molecule has 0 amide bonds.